The Morgan fingerprint density at radius 3 is 2.95 bits per heavy atom. The van der Waals surface area contributed by atoms with Gasteiger partial charge in [0.1, 0.15) is 5.82 Å². The first-order chi connectivity index (χ1) is 8.99. The standard InChI is InChI=1S/C12H13FN2O4/c1-8-7-14(4-5-19-8)12(16)10-6-9(15(17)18)2-3-11(10)13/h2-3,6,8H,4-5,7H2,1H3. The van der Waals surface area contributed by atoms with E-state index < -0.39 is 16.6 Å². The maximum Gasteiger partial charge on any atom is 0.270 e. The van der Waals surface area contributed by atoms with E-state index in [4.69, 9.17) is 4.74 Å². The lowest BCUT2D eigenvalue weighted by molar-refractivity contribution is -0.384. The van der Waals surface area contributed by atoms with Crippen LogP contribution in [0.1, 0.15) is 17.3 Å². The zero-order valence-corrected chi connectivity index (χ0v) is 10.3. The zero-order valence-electron chi connectivity index (χ0n) is 10.3. The van der Waals surface area contributed by atoms with Crippen LogP contribution in [0.4, 0.5) is 10.1 Å². The van der Waals surface area contributed by atoms with Gasteiger partial charge in [-0.3, -0.25) is 14.9 Å². The summed E-state index contributed by atoms with van der Waals surface area (Å²) in [6.45, 7) is 2.89. The first-order valence-electron chi connectivity index (χ1n) is 5.84. The van der Waals surface area contributed by atoms with Crippen LogP contribution in [-0.4, -0.2) is 41.5 Å². The summed E-state index contributed by atoms with van der Waals surface area (Å²) in [5.74, 6) is -1.30. The number of ether oxygens (including phenoxy) is 1. The number of nitro benzene ring substituents is 1. The Morgan fingerprint density at radius 1 is 1.58 bits per heavy atom. The zero-order chi connectivity index (χ0) is 14.0. The minimum atomic E-state index is -0.755. The summed E-state index contributed by atoms with van der Waals surface area (Å²) in [6.07, 6.45) is -0.126. The lowest BCUT2D eigenvalue weighted by atomic mass is 10.1. The van der Waals surface area contributed by atoms with Gasteiger partial charge in [-0.2, -0.15) is 0 Å². The van der Waals surface area contributed by atoms with E-state index in [1.165, 1.54) is 4.90 Å². The third kappa shape index (κ3) is 2.87. The number of amides is 1. The molecule has 0 aromatic heterocycles. The number of nitro groups is 1. The average molecular weight is 268 g/mol. The predicted molar refractivity (Wildman–Crippen MR) is 64.4 cm³/mol. The van der Waals surface area contributed by atoms with Gasteiger partial charge in [0.25, 0.3) is 11.6 Å². The fraction of sp³-hybridized carbons (Fsp3) is 0.417. The molecule has 0 bridgehead atoms. The van der Waals surface area contributed by atoms with Crippen LogP contribution in [0.5, 0.6) is 0 Å². The Labute approximate surface area is 108 Å². The maximum atomic E-state index is 13.6. The SMILES string of the molecule is CC1CN(C(=O)c2cc([N+](=O)[O-])ccc2F)CCO1. The largest absolute Gasteiger partial charge is 0.375 e. The molecule has 6 nitrogen and oxygen atoms in total. The van der Waals surface area contributed by atoms with Crippen molar-refractivity contribution in [2.24, 2.45) is 0 Å². The van der Waals surface area contributed by atoms with Crippen molar-refractivity contribution in [2.75, 3.05) is 19.7 Å². The number of non-ortho nitro benzene ring substituents is 1. The minimum absolute atomic E-state index is 0.126. The molecule has 1 aromatic rings. The van der Waals surface area contributed by atoms with Crippen molar-refractivity contribution in [1.82, 2.24) is 4.90 Å². The van der Waals surface area contributed by atoms with Crippen LogP contribution in [-0.2, 0) is 4.74 Å². The highest BCUT2D eigenvalue weighted by Gasteiger charge is 2.25. The summed E-state index contributed by atoms with van der Waals surface area (Å²) in [7, 11) is 0. The van der Waals surface area contributed by atoms with Gasteiger partial charge in [-0.1, -0.05) is 0 Å². The third-order valence-electron chi connectivity index (χ3n) is 2.92. The van der Waals surface area contributed by atoms with Gasteiger partial charge in [-0.15, -0.1) is 0 Å². The number of rotatable bonds is 2. The number of morpholine rings is 1. The molecule has 0 aliphatic carbocycles. The fourth-order valence-corrected chi connectivity index (χ4v) is 1.96. The molecule has 0 spiro atoms. The summed E-state index contributed by atoms with van der Waals surface area (Å²) in [5.41, 5.74) is -0.575. The van der Waals surface area contributed by atoms with Crippen LogP contribution in [0.25, 0.3) is 0 Å². The Balaban J connectivity index is 2.27. The van der Waals surface area contributed by atoms with Gasteiger partial charge in [0, 0.05) is 25.2 Å². The van der Waals surface area contributed by atoms with Gasteiger partial charge in [-0.05, 0) is 13.0 Å². The van der Waals surface area contributed by atoms with E-state index in [2.05, 4.69) is 0 Å². The molecule has 19 heavy (non-hydrogen) atoms. The number of carbonyl (C=O) groups is 1. The van der Waals surface area contributed by atoms with Gasteiger partial charge in [0.2, 0.25) is 0 Å². The molecule has 7 heteroatoms. The quantitative estimate of drug-likeness (QED) is 0.603. The molecule has 1 aliphatic rings. The van der Waals surface area contributed by atoms with Crippen molar-refractivity contribution >= 4 is 11.6 Å². The van der Waals surface area contributed by atoms with Crippen LogP contribution in [0.15, 0.2) is 18.2 Å². The highest BCUT2D eigenvalue weighted by molar-refractivity contribution is 5.95. The van der Waals surface area contributed by atoms with Crippen LogP contribution in [0.3, 0.4) is 0 Å². The molecule has 0 N–H and O–H groups in total. The Hall–Kier alpha value is -2.02. The topological polar surface area (TPSA) is 72.7 Å². The molecule has 1 atom stereocenters. The van der Waals surface area contributed by atoms with Gasteiger partial charge in [0.05, 0.1) is 23.2 Å². The molecule has 1 aromatic carbocycles. The van der Waals surface area contributed by atoms with E-state index in [-0.39, 0.29) is 17.4 Å². The van der Waals surface area contributed by atoms with E-state index in [1.807, 2.05) is 6.92 Å². The highest BCUT2D eigenvalue weighted by atomic mass is 19.1. The Bertz CT molecular complexity index is 520. The molecule has 1 aliphatic heterocycles. The third-order valence-corrected chi connectivity index (χ3v) is 2.92. The van der Waals surface area contributed by atoms with Crippen molar-refractivity contribution in [3.05, 3.63) is 39.7 Å². The lowest BCUT2D eigenvalue weighted by Crippen LogP contribution is -2.44. The number of halogens is 1. The lowest BCUT2D eigenvalue weighted by Gasteiger charge is -2.31. The van der Waals surface area contributed by atoms with Crippen molar-refractivity contribution in [2.45, 2.75) is 13.0 Å². The molecule has 1 heterocycles. The molecule has 1 amide bonds. The van der Waals surface area contributed by atoms with Crippen LogP contribution in [0, 0.1) is 15.9 Å². The Kier molecular flexibility index (Phi) is 3.75. The molecule has 0 radical (unpaired) electrons. The maximum absolute atomic E-state index is 13.6. The minimum Gasteiger partial charge on any atom is -0.375 e. The van der Waals surface area contributed by atoms with Gasteiger partial charge in [0.15, 0.2) is 0 Å². The summed E-state index contributed by atoms with van der Waals surface area (Å²) >= 11 is 0. The summed E-state index contributed by atoms with van der Waals surface area (Å²) in [4.78, 5) is 23.6. The normalized spacial score (nSPS) is 19.3. The smallest absolute Gasteiger partial charge is 0.270 e. The molecule has 1 unspecified atom stereocenters. The van der Waals surface area contributed by atoms with Crippen molar-refractivity contribution < 1.29 is 18.8 Å². The number of hydrogen-bond acceptors (Lipinski definition) is 4. The molecule has 1 fully saturated rings. The number of benzene rings is 1. The van der Waals surface area contributed by atoms with Gasteiger partial charge in [-0.25, -0.2) is 4.39 Å². The highest BCUT2D eigenvalue weighted by Crippen LogP contribution is 2.19. The molecular formula is C12H13FN2O4. The van der Waals surface area contributed by atoms with Crippen molar-refractivity contribution in [3.8, 4) is 0 Å². The summed E-state index contributed by atoms with van der Waals surface area (Å²) in [5, 5.41) is 10.7. The van der Waals surface area contributed by atoms with Crippen LogP contribution < -0.4 is 0 Å². The Morgan fingerprint density at radius 2 is 2.32 bits per heavy atom. The molecular weight excluding hydrogens is 255 g/mol. The summed E-state index contributed by atoms with van der Waals surface area (Å²) in [6, 6.07) is 2.95. The number of carbonyl (C=O) groups excluding carboxylic acids is 1. The molecule has 1 saturated heterocycles. The monoisotopic (exact) mass is 268 g/mol. The van der Waals surface area contributed by atoms with Crippen LogP contribution >= 0.6 is 0 Å². The predicted octanol–water partition coefficient (Wildman–Crippen LogP) is 1.59. The molecule has 2 rings (SSSR count). The second-order valence-electron chi connectivity index (χ2n) is 4.35. The first kappa shape index (κ1) is 13.4. The summed E-state index contributed by atoms with van der Waals surface area (Å²) < 4.78 is 18.9. The van der Waals surface area contributed by atoms with Crippen molar-refractivity contribution in [1.29, 1.82) is 0 Å². The molecule has 102 valence electrons. The average Bonchev–Trinajstić information content (AvgIpc) is 2.38. The number of nitrogens with zero attached hydrogens (tertiary/aromatic N) is 2. The molecule has 0 saturated carbocycles. The number of hydrogen-bond donors (Lipinski definition) is 0. The van der Waals surface area contributed by atoms with E-state index in [1.54, 1.807) is 0 Å². The second-order valence-corrected chi connectivity index (χ2v) is 4.35. The van der Waals surface area contributed by atoms with Gasteiger partial charge >= 0.3 is 0 Å². The van der Waals surface area contributed by atoms with Crippen LogP contribution in [0.2, 0.25) is 0 Å². The van der Waals surface area contributed by atoms with E-state index in [9.17, 15) is 19.3 Å². The second kappa shape index (κ2) is 5.31. The fourth-order valence-electron chi connectivity index (χ4n) is 1.96. The van der Waals surface area contributed by atoms with E-state index in [0.717, 1.165) is 18.2 Å². The van der Waals surface area contributed by atoms with E-state index in [0.29, 0.717) is 19.7 Å². The van der Waals surface area contributed by atoms with E-state index >= 15 is 0 Å². The first-order valence-corrected chi connectivity index (χ1v) is 5.84. The van der Waals surface area contributed by atoms with Gasteiger partial charge < -0.3 is 9.64 Å². The van der Waals surface area contributed by atoms with Crippen molar-refractivity contribution in [3.63, 3.8) is 0 Å².